The molecule has 4 nitrogen and oxygen atoms in total. The van der Waals surface area contributed by atoms with Gasteiger partial charge in [0.2, 0.25) is 5.91 Å². The summed E-state index contributed by atoms with van der Waals surface area (Å²) in [6, 6.07) is 0.304. The molecule has 0 aliphatic carbocycles. The number of piperidine rings is 1. The molecule has 2 fully saturated rings. The van der Waals surface area contributed by atoms with Crippen molar-refractivity contribution in [2.45, 2.75) is 70.4 Å². The molecule has 116 valence electrons. The average Bonchev–Trinajstić information content (AvgIpc) is 2.48. The quantitative estimate of drug-likeness (QED) is 0.813. The normalized spacial score (nSPS) is 27.2. The molecule has 1 amide bonds. The highest BCUT2D eigenvalue weighted by Gasteiger charge is 2.35. The van der Waals surface area contributed by atoms with Gasteiger partial charge >= 0.3 is 0 Å². The maximum atomic E-state index is 12.2. The van der Waals surface area contributed by atoms with Crippen LogP contribution in [0.3, 0.4) is 0 Å². The Bertz CT molecular complexity index is 310. The smallest absolute Gasteiger partial charge is 0.220 e. The van der Waals surface area contributed by atoms with Gasteiger partial charge in [-0.1, -0.05) is 13.8 Å². The molecule has 1 atom stereocenters. The number of carbonyl (C=O) groups excluding carboxylic acids is 1. The van der Waals surface area contributed by atoms with E-state index in [2.05, 4.69) is 24.5 Å². The van der Waals surface area contributed by atoms with Gasteiger partial charge < -0.3 is 15.4 Å². The summed E-state index contributed by atoms with van der Waals surface area (Å²) in [5.74, 6) is 0.808. The standard InChI is InChI=1S/C16H30N2O2/c1-3-16(4-2)12-14(7-10-20-16)18-15(19)11-13-5-8-17-9-6-13/h13-14,17H,3-12H2,1-2H3,(H,18,19). The Morgan fingerprint density at radius 1 is 1.25 bits per heavy atom. The third-order valence-electron chi connectivity index (χ3n) is 5.08. The number of hydrogen-bond acceptors (Lipinski definition) is 3. The summed E-state index contributed by atoms with van der Waals surface area (Å²) < 4.78 is 5.97. The maximum absolute atomic E-state index is 12.2. The molecular weight excluding hydrogens is 252 g/mol. The van der Waals surface area contributed by atoms with Crippen LogP contribution in [0.4, 0.5) is 0 Å². The van der Waals surface area contributed by atoms with Crippen LogP contribution in [0.15, 0.2) is 0 Å². The van der Waals surface area contributed by atoms with E-state index >= 15 is 0 Å². The number of carbonyl (C=O) groups is 1. The van der Waals surface area contributed by atoms with Crippen molar-refractivity contribution in [2.24, 2.45) is 5.92 Å². The van der Waals surface area contributed by atoms with Crippen molar-refractivity contribution in [3.8, 4) is 0 Å². The topological polar surface area (TPSA) is 50.4 Å². The fourth-order valence-electron chi connectivity index (χ4n) is 3.53. The number of ether oxygens (including phenoxy) is 1. The Balaban J connectivity index is 1.78. The van der Waals surface area contributed by atoms with Gasteiger partial charge in [-0.25, -0.2) is 0 Å². The second-order valence-electron chi connectivity index (χ2n) is 6.39. The van der Waals surface area contributed by atoms with E-state index in [0.717, 1.165) is 58.2 Å². The van der Waals surface area contributed by atoms with Crippen LogP contribution in [0, 0.1) is 5.92 Å². The summed E-state index contributed by atoms with van der Waals surface area (Å²) in [6.45, 7) is 7.26. The molecule has 2 aliphatic heterocycles. The maximum Gasteiger partial charge on any atom is 0.220 e. The highest BCUT2D eigenvalue weighted by atomic mass is 16.5. The second kappa shape index (κ2) is 7.41. The molecule has 0 aromatic heterocycles. The molecular formula is C16H30N2O2. The number of rotatable bonds is 5. The van der Waals surface area contributed by atoms with Gasteiger partial charge in [-0.3, -0.25) is 4.79 Å². The first-order valence-electron chi connectivity index (χ1n) is 8.31. The molecule has 0 spiro atoms. The molecule has 20 heavy (non-hydrogen) atoms. The highest BCUT2D eigenvalue weighted by Crippen LogP contribution is 2.31. The molecule has 0 radical (unpaired) electrons. The van der Waals surface area contributed by atoms with E-state index in [4.69, 9.17) is 4.74 Å². The second-order valence-corrected chi connectivity index (χ2v) is 6.39. The molecule has 2 saturated heterocycles. The van der Waals surface area contributed by atoms with Gasteiger partial charge in [0.15, 0.2) is 0 Å². The lowest BCUT2D eigenvalue weighted by molar-refractivity contribution is -0.127. The third-order valence-corrected chi connectivity index (χ3v) is 5.08. The summed E-state index contributed by atoms with van der Waals surface area (Å²) in [6.07, 6.45) is 6.96. The van der Waals surface area contributed by atoms with E-state index in [1.54, 1.807) is 0 Å². The fourth-order valence-corrected chi connectivity index (χ4v) is 3.53. The monoisotopic (exact) mass is 282 g/mol. The Hall–Kier alpha value is -0.610. The van der Waals surface area contributed by atoms with Crippen molar-refractivity contribution in [2.75, 3.05) is 19.7 Å². The summed E-state index contributed by atoms with van der Waals surface area (Å²) in [7, 11) is 0. The van der Waals surface area contributed by atoms with Crippen LogP contribution in [-0.4, -0.2) is 37.2 Å². The third kappa shape index (κ3) is 4.19. The Morgan fingerprint density at radius 2 is 1.95 bits per heavy atom. The van der Waals surface area contributed by atoms with Gasteiger partial charge in [0.1, 0.15) is 0 Å². The zero-order chi connectivity index (χ0) is 14.4. The molecule has 2 aliphatic rings. The fraction of sp³-hybridized carbons (Fsp3) is 0.938. The molecule has 2 heterocycles. The van der Waals surface area contributed by atoms with Crippen LogP contribution in [-0.2, 0) is 9.53 Å². The Labute approximate surface area is 123 Å². The van der Waals surface area contributed by atoms with Crippen LogP contribution in [0.25, 0.3) is 0 Å². The number of amides is 1. The molecule has 0 saturated carbocycles. The van der Waals surface area contributed by atoms with E-state index in [9.17, 15) is 4.79 Å². The van der Waals surface area contributed by atoms with E-state index in [0.29, 0.717) is 18.4 Å². The van der Waals surface area contributed by atoms with Gasteiger partial charge in [-0.05, 0) is 57.5 Å². The van der Waals surface area contributed by atoms with Crippen LogP contribution < -0.4 is 10.6 Å². The highest BCUT2D eigenvalue weighted by molar-refractivity contribution is 5.76. The first kappa shape index (κ1) is 15.8. The van der Waals surface area contributed by atoms with E-state index in [1.807, 2.05) is 0 Å². The molecule has 4 heteroatoms. The first-order valence-corrected chi connectivity index (χ1v) is 8.31. The minimum absolute atomic E-state index is 0.00897. The Kier molecular flexibility index (Phi) is 5.85. The van der Waals surface area contributed by atoms with Crippen LogP contribution in [0.1, 0.15) is 58.8 Å². The molecule has 0 bridgehead atoms. The zero-order valence-electron chi connectivity index (χ0n) is 13.0. The number of hydrogen-bond donors (Lipinski definition) is 2. The molecule has 0 aromatic carbocycles. The van der Waals surface area contributed by atoms with Crippen molar-refractivity contribution in [1.82, 2.24) is 10.6 Å². The largest absolute Gasteiger partial charge is 0.375 e. The first-order chi connectivity index (χ1) is 9.67. The van der Waals surface area contributed by atoms with E-state index in [1.165, 1.54) is 0 Å². The molecule has 1 unspecified atom stereocenters. The number of nitrogens with one attached hydrogen (secondary N) is 2. The van der Waals surface area contributed by atoms with Crippen LogP contribution >= 0.6 is 0 Å². The summed E-state index contributed by atoms with van der Waals surface area (Å²) in [5.41, 5.74) is -0.00897. The molecule has 2 rings (SSSR count). The summed E-state index contributed by atoms with van der Waals surface area (Å²) in [4.78, 5) is 12.2. The van der Waals surface area contributed by atoms with Gasteiger partial charge in [0, 0.05) is 19.1 Å². The van der Waals surface area contributed by atoms with E-state index < -0.39 is 0 Å². The predicted octanol–water partition coefficient (Wildman–Crippen LogP) is 2.23. The zero-order valence-corrected chi connectivity index (χ0v) is 13.0. The van der Waals surface area contributed by atoms with Gasteiger partial charge in [0.05, 0.1) is 5.60 Å². The van der Waals surface area contributed by atoms with Gasteiger partial charge in [0.25, 0.3) is 0 Å². The van der Waals surface area contributed by atoms with Crippen molar-refractivity contribution in [3.63, 3.8) is 0 Å². The minimum atomic E-state index is -0.00897. The SMILES string of the molecule is CCC1(CC)CC(NC(=O)CC2CCNCC2)CCO1. The average molecular weight is 282 g/mol. The van der Waals surface area contributed by atoms with Gasteiger partial charge in [-0.15, -0.1) is 0 Å². The minimum Gasteiger partial charge on any atom is -0.375 e. The van der Waals surface area contributed by atoms with Crippen molar-refractivity contribution in [3.05, 3.63) is 0 Å². The summed E-state index contributed by atoms with van der Waals surface area (Å²) >= 11 is 0. The van der Waals surface area contributed by atoms with E-state index in [-0.39, 0.29) is 11.5 Å². The van der Waals surface area contributed by atoms with Crippen molar-refractivity contribution < 1.29 is 9.53 Å². The van der Waals surface area contributed by atoms with Crippen molar-refractivity contribution in [1.29, 1.82) is 0 Å². The lowest BCUT2D eigenvalue weighted by atomic mass is 9.85. The van der Waals surface area contributed by atoms with Crippen LogP contribution in [0.2, 0.25) is 0 Å². The van der Waals surface area contributed by atoms with Gasteiger partial charge in [-0.2, -0.15) is 0 Å². The lowest BCUT2D eigenvalue weighted by Gasteiger charge is -2.40. The molecule has 0 aromatic rings. The van der Waals surface area contributed by atoms with Crippen molar-refractivity contribution >= 4 is 5.91 Å². The van der Waals surface area contributed by atoms with Crippen LogP contribution in [0.5, 0.6) is 0 Å². The lowest BCUT2D eigenvalue weighted by Crippen LogP contribution is -2.48. The summed E-state index contributed by atoms with van der Waals surface area (Å²) in [5, 5.41) is 6.60. The molecule has 2 N–H and O–H groups in total. The predicted molar refractivity (Wildman–Crippen MR) is 80.6 cm³/mol. The Morgan fingerprint density at radius 3 is 2.60 bits per heavy atom.